The van der Waals surface area contributed by atoms with Crippen LogP contribution in [0.5, 0.6) is 0 Å². The maximum atomic E-state index is 4.07. The molecule has 1 aromatic heterocycles. The fourth-order valence-corrected chi connectivity index (χ4v) is 2.55. The van der Waals surface area contributed by atoms with Crippen molar-refractivity contribution in [2.75, 3.05) is 6.54 Å². The van der Waals surface area contributed by atoms with E-state index in [0.29, 0.717) is 6.04 Å². The highest BCUT2D eigenvalue weighted by Gasteiger charge is 2.13. The fraction of sp³-hybridized carbons (Fsp3) is 0.545. The fourth-order valence-electron chi connectivity index (χ4n) is 1.92. The summed E-state index contributed by atoms with van der Waals surface area (Å²) in [6, 6.07) is 0.708. The Morgan fingerprint density at radius 2 is 2.71 bits per heavy atom. The van der Waals surface area contributed by atoms with Crippen LogP contribution in [-0.2, 0) is 0 Å². The molecule has 76 valence electrons. The second-order valence-corrected chi connectivity index (χ2v) is 4.81. The Labute approximate surface area is 89.1 Å². The van der Waals surface area contributed by atoms with E-state index in [1.807, 2.05) is 11.7 Å². The van der Waals surface area contributed by atoms with Gasteiger partial charge in [0.25, 0.3) is 0 Å². The molecule has 0 spiro atoms. The molecule has 0 aromatic carbocycles. The van der Waals surface area contributed by atoms with Crippen LogP contribution in [0.15, 0.2) is 17.3 Å². The van der Waals surface area contributed by atoms with E-state index in [9.17, 15) is 0 Å². The van der Waals surface area contributed by atoms with E-state index in [1.54, 1.807) is 11.3 Å². The first-order valence-electron chi connectivity index (χ1n) is 5.13. The average Bonchev–Trinajstić information content (AvgIpc) is 2.76. The van der Waals surface area contributed by atoms with Crippen LogP contribution < -0.4 is 5.32 Å². The molecule has 0 amide bonds. The normalized spacial score (nSPS) is 22.9. The van der Waals surface area contributed by atoms with Gasteiger partial charge in [-0.15, -0.1) is 11.3 Å². The van der Waals surface area contributed by atoms with Crippen LogP contribution in [0.25, 0.3) is 6.08 Å². The zero-order valence-corrected chi connectivity index (χ0v) is 9.31. The molecular formula is C11H16N2S. The highest BCUT2D eigenvalue weighted by molar-refractivity contribution is 7.10. The third kappa shape index (κ3) is 2.66. The average molecular weight is 208 g/mol. The number of nitrogens with one attached hydrogen (secondary N) is 1. The molecule has 1 N–H and O–H groups in total. The molecule has 3 heteroatoms. The standard InChI is InChI=1S/C11H16N2S/c1-9(5-10-3-2-4-13-10)6-11-7-12-8-14-11/h6-8,10,13H,2-5H2,1H3/b9-6+. The Hall–Kier alpha value is -0.670. The molecule has 1 aliphatic heterocycles. The first-order valence-corrected chi connectivity index (χ1v) is 6.01. The minimum absolute atomic E-state index is 0.708. The van der Waals surface area contributed by atoms with Gasteiger partial charge in [-0.1, -0.05) is 5.57 Å². The van der Waals surface area contributed by atoms with Crippen molar-refractivity contribution >= 4 is 17.4 Å². The Kier molecular flexibility index (Phi) is 3.32. The van der Waals surface area contributed by atoms with E-state index in [1.165, 1.54) is 36.3 Å². The van der Waals surface area contributed by atoms with Crippen LogP contribution in [0, 0.1) is 0 Å². The molecule has 0 radical (unpaired) electrons. The smallest absolute Gasteiger partial charge is 0.0797 e. The molecular weight excluding hydrogens is 192 g/mol. The molecule has 0 aliphatic carbocycles. The van der Waals surface area contributed by atoms with E-state index in [-0.39, 0.29) is 0 Å². The van der Waals surface area contributed by atoms with Crippen LogP contribution in [0.1, 0.15) is 31.1 Å². The minimum atomic E-state index is 0.708. The predicted octanol–water partition coefficient (Wildman–Crippen LogP) is 2.69. The number of aromatic nitrogens is 1. The van der Waals surface area contributed by atoms with Crippen molar-refractivity contribution in [2.45, 2.75) is 32.2 Å². The van der Waals surface area contributed by atoms with Gasteiger partial charge in [0.05, 0.1) is 5.51 Å². The third-order valence-electron chi connectivity index (χ3n) is 2.57. The first kappa shape index (κ1) is 9.87. The van der Waals surface area contributed by atoms with Gasteiger partial charge in [0.2, 0.25) is 0 Å². The molecule has 1 aliphatic rings. The minimum Gasteiger partial charge on any atom is -0.314 e. The quantitative estimate of drug-likeness (QED) is 0.826. The second-order valence-electron chi connectivity index (χ2n) is 3.89. The summed E-state index contributed by atoms with van der Waals surface area (Å²) in [4.78, 5) is 5.33. The zero-order chi connectivity index (χ0) is 9.80. The van der Waals surface area contributed by atoms with Crippen molar-refractivity contribution < 1.29 is 0 Å². The molecule has 1 fully saturated rings. The number of hydrogen-bond donors (Lipinski definition) is 1. The molecule has 0 saturated carbocycles. The summed E-state index contributed by atoms with van der Waals surface area (Å²) in [5.41, 5.74) is 3.33. The van der Waals surface area contributed by atoms with E-state index in [2.05, 4.69) is 23.3 Å². The van der Waals surface area contributed by atoms with Crippen molar-refractivity contribution in [1.82, 2.24) is 10.3 Å². The molecule has 2 heterocycles. The summed E-state index contributed by atoms with van der Waals surface area (Å²) in [5, 5.41) is 3.51. The topological polar surface area (TPSA) is 24.9 Å². The van der Waals surface area contributed by atoms with Crippen LogP contribution >= 0.6 is 11.3 Å². The Bertz CT molecular complexity index is 297. The van der Waals surface area contributed by atoms with Crippen molar-refractivity contribution in [3.8, 4) is 0 Å². The maximum absolute atomic E-state index is 4.07. The van der Waals surface area contributed by atoms with Crippen molar-refractivity contribution in [3.05, 3.63) is 22.2 Å². The predicted molar refractivity (Wildman–Crippen MR) is 61.4 cm³/mol. The van der Waals surface area contributed by atoms with Crippen molar-refractivity contribution in [1.29, 1.82) is 0 Å². The number of thiazole rings is 1. The largest absolute Gasteiger partial charge is 0.314 e. The SMILES string of the molecule is C/C(=C\c1cncs1)CC1CCCN1. The molecule has 0 bridgehead atoms. The van der Waals surface area contributed by atoms with E-state index < -0.39 is 0 Å². The van der Waals surface area contributed by atoms with Gasteiger partial charge in [-0.2, -0.15) is 0 Å². The summed E-state index contributed by atoms with van der Waals surface area (Å²) in [5.74, 6) is 0. The lowest BCUT2D eigenvalue weighted by Crippen LogP contribution is -2.21. The van der Waals surface area contributed by atoms with Gasteiger partial charge in [-0.05, 0) is 38.8 Å². The summed E-state index contributed by atoms with van der Waals surface area (Å²) in [7, 11) is 0. The molecule has 1 saturated heterocycles. The van der Waals surface area contributed by atoms with Crippen LogP contribution in [0.2, 0.25) is 0 Å². The molecule has 1 unspecified atom stereocenters. The molecule has 1 atom stereocenters. The van der Waals surface area contributed by atoms with Gasteiger partial charge in [-0.3, -0.25) is 4.98 Å². The second kappa shape index (κ2) is 4.71. The van der Waals surface area contributed by atoms with Crippen molar-refractivity contribution in [3.63, 3.8) is 0 Å². The number of nitrogens with zero attached hydrogens (tertiary/aromatic N) is 1. The molecule has 2 nitrogen and oxygen atoms in total. The zero-order valence-electron chi connectivity index (χ0n) is 8.49. The first-order chi connectivity index (χ1) is 6.84. The highest BCUT2D eigenvalue weighted by Crippen LogP contribution is 2.18. The molecule has 2 rings (SSSR count). The number of hydrogen-bond acceptors (Lipinski definition) is 3. The highest BCUT2D eigenvalue weighted by atomic mass is 32.1. The molecule has 14 heavy (non-hydrogen) atoms. The van der Waals surface area contributed by atoms with E-state index in [4.69, 9.17) is 0 Å². The van der Waals surface area contributed by atoms with Crippen molar-refractivity contribution in [2.24, 2.45) is 0 Å². The molecule has 1 aromatic rings. The summed E-state index contributed by atoms with van der Waals surface area (Å²) < 4.78 is 0. The lowest BCUT2D eigenvalue weighted by atomic mass is 10.1. The summed E-state index contributed by atoms with van der Waals surface area (Å²) in [6.07, 6.45) is 8.01. The Balaban J connectivity index is 1.91. The van der Waals surface area contributed by atoms with Gasteiger partial charge in [-0.25, -0.2) is 0 Å². The Morgan fingerprint density at radius 1 is 1.79 bits per heavy atom. The van der Waals surface area contributed by atoms with Gasteiger partial charge in [0.15, 0.2) is 0 Å². The Morgan fingerprint density at radius 3 is 3.36 bits per heavy atom. The summed E-state index contributed by atoms with van der Waals surface area (Å²) >= 11 is 1.70. The van der Waals surface area contributed by atoms with E-state index >= 15 is 0 Å². The van der Waals surface area contributed by atoms with Crippen LogP contribution in [0.3, 0.4) is 0 Å². The lowest BCUT2D eigenvalue weighted by molar-refractivity contribution is 0.601. The lowest BCUT2D eigenvalue weighted by Gasteiger charge is -2.09. The maximum Gasteiger partial charge on any atom is 0.0797 e. The van der Waals surface area contributed by atoms with Crippen LogP contribution in [-0.4, -0.2) is 17.6 Å². The third-order valence-corrected chi connectivity index (χ3v) is 3.29. The monoisotopic (exact) mass is 208 g/mol. The van der Waals surface area contributed by atoms with Gasteiger partial charge in [0.1, 0.15) is 0 Å². The summed E-state index contributed by atoms with van der Waals surface area (Å²) in [6.45, 7) is 3.40. The number of rotatable bonds is 3. The van der Waals surface area contributed by atoms with Crippen LogP contribution in [0.4, 0.5) is 0 Å². The van der Waals surface area contributed by atoms with Gasteiger partial charge in [0, 0.05) is 17.1 Å². The van der Waals surface area contributed by atoms with Gasteiger partial charge >= 0.3 is 0 Å². The van der Waals surface area contributed by atoms with Gasteiger partial charge < -0.3 is 5.32 Å². The van der Waals surface area contributed by atoms with E-state index in [0.717, 1.165) is 0 Å².